The lowest BCUT2D eigenvalue weighted by atomic mass is 9.95. The van der Waals surface area contributed by atoms with E-state index in [9.17, 15) is 9.90 Å². The van der Waals surface area contributed by atoms with Gasteiger partial charge in [0.25, 0.3) is 5.91 Å². The fourth-order valence-electron chi connectivity index (χ4n) is 3.35. The van der Waals surface area contributed by atoms with E-state index in [0.717, 1.165) is 20.4 Å². The number of fused-ring (bicyclic) bond motifs is 2. The summed E-state index contributed by atoms with van der Waals surface area (Å²) in [6, 6.07) is 12.3. The number of phenolic OH excluding ortho intramolecular Hbond substituents is 1. The largest absolute Gasteiger partial charge is 0.508 e. The minimum absolute atomic E-state index is 0.0342. The summed E-state index contributed by atoms with van der Waals surface area (Å²) in [4.78, 5) is 14.2. The van der Waals surface area contributed by atoms with Gasteiger partial charge in [-0.1, -0.05) is 11.8 Å². The second-order valence-corrected chi connectivity index (χ2v) is 8.54. The molecular weight excluding hydrogens is 328 g/mol. The Kier molecular flexibility index (Phi) is 4.05. The van der Waals surface area contributed by atoms with Crippen molar-refractivity contribution in [2.24, 2.45) is 0 Å². The van der Waals surface area contributed by atoms with Crippen molar-refractivity contribution >= 4 is 29.0 Å². The van der Waals surface area contributed by atoms with Crippen molar-refractivity contribution in [1.82, 2.24) is 10.6 Å². The molecule has 0 spiro atoms. The van der Waals surface area contributed by atoms with Gasteiger partial charge in [-0.25, -0.2) is 0 Å². The Morgan fingerprint density at radius 1 is 1.22 bits per heavy atom. The monoisotopic (exact) mass is 346 g/mol. The highest BCUT2D eigenvalue weighted by Crippen LogP contribution is 2.34. The number of benzene rings is 1. The quantitative estimate of drug-likeness (QED) is 0.795. The average Bonchev–Trinajstić information content (AvgIpc) is 3.26. The number of phenols is 1. The van der Waals surface area contributed by atoms with Gasteiger partial charge in [-0.3, -0.25) is 4.79 Å². The van der Waals surface area contributed by atoms with Crippen molar-refractivity contribution in [3.8, 4) is 5.75 Å². The number of thiophene rings is 1. The molecule has 4 rings (SSSR count). The summed E-state index contributed by atoms with van der Waals surface area (Å²) >= 11 is 3.12. The van der Waals surface area contributed by atoms with E-state index in [1.54, 1.807) is 23.9 Å². The Balaban J connectivity index is 1.39. The van der Waals surface area contributed by atoms with E-state index in [1.165, 1.54) is 24.2 Å². The van der Waals surface area contributed by atoms with Gasteiger partial charge in [0.2, 0.25) is 0 Å². The number of carbonyl (C=O) groups excluding carboxylic acids is 1. The standard InChI is InChI=1S/C17H18N2O2S2/c20-11-2-4-12(5-3-11)22-16-8-7-15(23-16)17(21)19-14-9-10-1-6-13(14)18-10/h2-5,7-8,10,13-14,18,20H,1,6,9H2,(H,19,21)/t10-,13+,14-/m1/s1. The molecule has 0 radical (unpaired) electrons. The summed E-state index contributed by atoms with van der Waals surface area (Å²) < 4.78 is 1.08. The summed E-state index contributed by atoms with van der Waals surface area (Å²) in [5.74, 6) is 0.298. The molecule has 2 aromatic rings. The molecule has 0 aliphatic carbocycles. The Bertz CT molecular complexity index is 714. The lowest BCUT2D eigenvalue weighted by Gasteiger charge is -2.20. The Morgan fingerprint density at radius 3 is 2.74 bits per heavy atom. The van der Waals surface area contributed by atoms with E-state index >= 15 is 0 Å². The van der Waals surface area contributed by atoms with E-state index in [2.05, 4.69) is 10.6 Å². The maximum absolute atomic E-state index is 12.4. The van der Waals surface area contributed by atoms with Crippen LogP contribution in [0.2, 0.25) is 0 Å². The fraction of sp³-hybridized carbons (Fsp3) is 0.353. The van der Waals surface area contributed by atoms with Gasteiger partial charge in [0.05, 0.1) is 9.09 Å². The number of nitrogens with one attached hydrogen (secondary N) is 2. The minimum atomic E-state index is 0.0342. The molecule has 3 atom stereocenters. The summed E-state index contributed by atoms with van der Waals surface area (Å²) in [7, 11) is 0. The molecule has 3 heterocycles. The van der Waals surface area contributed by atoms with Gasteiger partial charge >= 0.3 is 0 Å². The first-order valence-electron chi connectivity index (χ1n) is 7.81. The van der Waals surface area contributed by atoms with Crippen LogP contribution in [0.4, 0.5) is 0 Å². The minimum Gasteiger partial charge on any atom is -0.508 e. The van der Waals surface area contributed by atoms with Crippen LogP contribution in [0.5, 0.6) is 5.75 Å². The number of aromatic hydroxyl groups is 1. The Hall–Kier alpha value is -1.50. The molecule has 2 bridgehead atoms. The van der Waals surface area contributed by atoms with Crippen LogP contribution in [0.1, 0.15) is 28.9 Å². The van der Waals surface area contributed by atoms with Gasteiger partial charge in [0, 0.05) is 23.0 Å². The second-order valence-electron chi connectivity index (χ2n) is 6.08. The Labute approximate surface area is 143 Å². The van der Waals surface area contributed by atoms with Crippen molar-refractivity contribution in [2.75, 3.05) is 0 Å². The molecule has 2 aliphatic rings. The molecule has 0 unspecified atom stereocenters. The van der Waals surface area contributed by atoms with Gasteiger partial charge in [-0.05, 0) is 55.7 Å². The van der Waals surface area contributed by atoms with Gasteiger partial charge in [0.1, 0.15) is 5.75 Å². The van der Waals surface area contributed by atoms with Crippen molar-refractivity contribution in [1.29, 1.82) is 0 Å². The average molecular weight is 346 g/mol. The highest BCUT2D eigenvalue weighted by Gasteiger charge is 2.39. The SMILES string of the molecule is O=C(N[C@@H]1C[C@H]2CC[C@@H]1N2)c1ccc(Sc2ccc(O)cc2)s1. The van der Waals surface area contributed by atoms with Crippen molar-refractivity contribution in [3.63, 3.8) is 0 Å². The molecule has 2 saturated heterocycles. The molecule has 0 saturated carbocycles. The molecule has 120 valence electrons. The predicted molar refractivity (Wildman–Crippen MR) is 92.4 cm³/mol. The van der Waals surface area contributed by atoms with Crippen molar-refractivity contribution in [3.05, 3.63) is 41.3 Å². The lowest BCUT2D eigenvalue weighted by Crippen LogP contribution is -2.42. The number of amides is 1. The van der Waals surface area contributed by atoms with E-state index in [0.29, 0.717) is 12.1 Å². The van der Waals surface area contributed by atoms with E-state index in [-0.39, 0.29) is 17.7 Å². The molecule has 1 aromatic heterocycles. The molecule has 2 fully saturated rings. The fourth-order valence-corrected chi connectivity index (χ4v) is 5.36. The van der Waals surface area contributed by atoms with Crippen LogP contribution in [-0.2, 0) is 0 Å². The molecule has 3 N–H and O–H groups in total. The molecule has 23 heavy (non-hydrogen) atoms. The van der Waals surface area contributed by atoms with Crippen LogP contribution in [-0.4, -0.2) is 29.1 Å². The first-order chi connectivity index (χ1) is 11.2. The zero-order valence-electron chi connectivity index (χ0n) is 12.5. The van der Waals surface area contributed by atoms with Crippen molar-refractivity contribution < 1.29 is 9.90 Å². The van der Waals surface area contributed by atoms with Crippen LogP contribution >= 0.6 is 23.1 Å². The van der Waals surface area contributed by atoms with Crippen LogP contribution in [0, 0.1) is 0 Å². The molecule has 2 aliphatic heterocycles. The first-order valence-corrected chi connectivity index (χ1v) is 9.44. The third-order valence-electron chi connectivity index (χ3n) is 4.48. The second kappa shape index (κ2) is 6.19. The van der Waals surface area contributed by atoms with Gasteiger partial charge in [0.15, 0.2) is 0 Å². The highest BCUT2D eigenvalue weighted by molar-refractivity contribution is 8.01. The van der Waals surface area contributed by atoms with Gasteiger partial charge < -0.3 is 15.7 Å². The highest BCUT2D eigenvalue weighted by atomic mass is 32.2. The van der Waals surface area contributed by atoms with Crippen LogP contribution in [0.25, 0.3) is 0 Å². The normalized spacial score (nSPS) is 25.7. The third kappa shape index (κ3) is 3.24. The summed E-state index contributed by atoms with van der Waals surface area (Å²) in [6.07, 6.45) is 3.46. The molecule has 4 nitrogen and oxygen atoms in total. The van der Waals surface area contributed by atoms with Gasteiger partial charge in [-0.15, -0.1) is 11.3 Å². The molecule has 1 amide bonds. The Morgan fingerprint density at radius 2 is 2.04 bits per heavy atom. The summed E-state index contributed by atoms with van der Waals surface area (Å²) in [5.41, 5.74) is 0. The van der Waals surface area contributed by atoms with E-state index < -0.39 is 0 Å². The van der Waals surface area contributed by atoms with E-state index in [1.807, 2.05) is 24.3 Å². The summed E-state index contributed by atoms with van der Waals surface area (Å²) in [5, 5.41) is 16.0. The maximum atomic E-state index is 12.4. The van der Waals surface area contributed by atoms with Gasteiger partial charge in [-0.2, -0.15) is 0 Å². The smallest absolute Gasteiger partial charge is 0.261 e. The van der Waals surface area contributed by atoms with Crippen LogP contribution < -0.4 is 10.6 Å². The number of hydrogen-bond donors (Lipinski definition) is 3. The first kappa shape index (κ1) is 15.1. The van der Waals surface area contributed by atoms with Crippen LogP contribution in [0.3, 0.4) is 0 Å². The lowest BCUT2D eigenvalue weighted by molar-refractivity contribution is 0.0935. The van der Waals surface area contributed by atoms with Crippen molar-refractivity contribution in [2.45, 2.75) is 46.5 Å². The molecular formula is C17H18N2O2S2. The number of carbonyl (C=O) groups is 1. The zero-order chi connectivity index (χ0) is 15.8. The maximum Gasteiger partial charge on any atom is 0.261 e. The van der Waals surface area contributed by atoms with E-state index in [4.69, 9.17) is 0 Å². The van der Waals surface area contributed by atoms with Crippen LogP contribution in [0.15, 0.2) is 45.5 Å². The number of rotatable bonds is 4. The molecule has 1 aromatic carbocycles. The zero-order valence-corrected chi connectivity index (χ0v) is 14.1. The topological polar surface area (TPSA) is 61.4 Å². The summed E-state index contributed by atoms with van der Waals surface area (Å²) in [6.45, 7) is 0. The molecule has 6 heteroatoms. The third-order valence-corrected chi connectivity index (χ3v) is 6.70. The predicted octanol–water partition coefficient (Wildman–Crippen LogP) is 3.23. The number of hydrogen-bond acceptors (Lipinski definition) is 5.